The van der Waals surface area contributed by atoms with Crippen LogP contribution >= 0.6 is 11.8 Å². The number of hydrogen-bond acceptors (Lipinski definition) is 3. The second kappa shape index (κ2) is 8.28. The van der Waals surface area contributed by atoms with E-state index in [-0.39, 0.29) is 5.91 Å². The van der Waals surface area contributed by atoms with E-state index in [4.69, 9.17) is 0 Å². The summed E-state index contributed by atoms with van der Waals surface area (Å²) >= 11 is 2.40. The first-order chi connectivity index (χ1) is 13.2. The van der Waals surface area contributed by atoms with Gasteiger partial charge < -0.3 is 0 Å². The number of thioether (sulfide) groups is 1. The predicted octanol–water partition coefficient (Wildman–Crippen LogP) is 4.23. The Morgan fingerprint density at radius 1 is 0.852 bits per heavy atom. The van der Waals surface area contributed by atoms with Crippen molar-refractivity contribution in [3.8, 4) is 11.1 Å². The van der Waals surface area contributed by atoms with Crippen molar-refractivity contribution in [2.75, 3.05) is 5.32 Å². The Bertz CT molecular complexity index is 1030. The Labute approximate surface area is 180 Å². The van der Waals surface area contributed by atoms with Crippen molar-refractivity contribution >= 4 is 65.3 Å². The number of carbonyl (C=O) groups excluding carboxylic acids is 1. The Morgan fingerprint density at radius 3 is 2.22 bits per heavy atom. The third-order valence-electron chi connectivity index (χ3n) is 4.24. The van der Waals surface area contributed by atoms with E-state index >= 15 is 0 Å². The van der Waals surface area contributed by atoms with E-state index in [9.17, 15) is 4.79 Å². The molecule has 0 aromatic heterocycles. The Hall–Kier alpha value is -2.11. The molecule has 126 valence electrons. The molecular weight excluding hydrogens is 363 g/mol. The van der Waals surface area contributed by atoms with Crippen LogP contribution in [0.2, 0.25) is 0 Å². The quantitative estimate of drug-likeness (QED) is 0.548. The van der Waals surface area contributed by atoms with Gasteiger partial charge >= 0.3 is 139 Å². The zero-order valence-corrected chi connectivity index (χ0v) is 17.7. The second-order valence-electron chi connectivity index (χ2n) is 6.31. The molecule has 0 saturated heterocycles. The normalized spacial score (nSPS) is 15.1. The van der Waals surface area contributed by atoms with Crippen molar-refractivity contribution in [2.45, 2.75) is 0 Å². The van der Waals surface area contributed by atoms with E-state index in [2.05, 4.69) is 46.7 Å². The number of amidine groups is 1. The summed E-state index contributed by atoms with van der Waals surface area (Å²) in [6.07, 6.45) is 1.89. The molecule has 4 rings (SSSR count). The van der Waals surface area contributed by atoms with E-state index in [1.807, 2.05) is 48.5 Å². The van der Waals surface area contributed by atoms with Gasteiger partial charge in [0.05, 0.1) is 0 Å². The summed E-state index contributed by atoms with van der Waals surface area (Å²) in [6.45, 7) is 0. The standard InChI is InChI=1S/C22H15N2OS.Na/c25-21-20(26-22(24-21)23-19-9-5-2-6-10-19)15-16-11-13-18(14-12-16)17-7-3-1-4-8-17;/h1,3-15H,(H,23,24,25);. The number of hydrogen-bond donors (Lipinski definition) is 1. The van der Waals surface area contributed by atoms with Crippen LogP contribution in [0.1, 0.15) is 5.56 Å². The van der Waals surface area contributed by atoms with Crippen LogP contribution in [-0.2, 0) is 4.79 Å². The Morgan fingerprint density at radius 2 is 1.52 bits per heavy atom. The van der Waals surface area contributed by atoms with Crippen molar-refractivity contribution < 1.29 is 4.79 Å². The van der Waals surface area contributed by atoms with Gasteiger partial charge in [-0.25, -0.2) is 0 Å². The molecule has 1 N–H and O–H groups in total. The van der Waals surface area contributed by atoms with Gasteiger partial charge in [0.15, 0.2) is 0 Å². The molecule has 1 aliphatic heterocycles. The number of amides is 1. The van der Waals surface area contributed by atoms with Crippen molar-refractivity contribution in [1.29, 1.82) is 0 Å². The molecule has 5 heteroatoms. The van der Waals surface area contributed by atoms with Gasteiger partial charge in [-0.15, -0.1) is 0 Å². The molecule has 0 atom stereocenters. The third-order valence-corrected chi connectivity index (χ3v) is 5.80. The molecule has 0 bridgehead atoms. The molecule has 0 unspecified atom stereocenters. The SMILES string of the molecule is O=C1N=C(Nc2cc[c]([Na])cc2)SC1=Cc1ccc(-c2ccccc2)cc1. The molecule has 0 saturated carbocycles. The minimum absolute atomic E-state index is 0.200. The maximum atomic E-state index is 12.2. The van der Waals surface area contributed by atoms with Gasteiger partial charge in [0.25, 0.3) is 0 Å². The van der Waals surface area contributed by atoms with Crippen molar-refractivity contribution in [3.05, 3.63) is 89.3 Å². The molecule has 3 aromatic rings. The van der Waals surface area contributed by atoms with E-state index in [0.29, 0.717) is 10.1 Å². The first-order valence-electron chi connectivity index (χ1n) is 8.69. The van der Waals surface area contributed by atoms with E-state index in [0.717, 1.165) is 44.7 Å². The van der Waals surface area contributed by atoms with Gasteiger partial charge in [0.1, 0.15) is 0 Å². The minimum atomic E-state index is -0.200. The predicted molar refractivity (Wildman–Crippen MR) is 115 cm³/mol. The van der Waals surface area contributed by atoms with Gasteiger partial charge in [-0.2, -0.15) is 0 Å². The molecule has 0 radical (unpaired) electrons. The molecular formula is C22H15N2NaOS. The zero-order chi connectivity index (χ0) is 18.6. The molecule has 1 aliphatic rings. The molecule has 0 fully saturated rings. The number of nitrogens with one attached hydrogen (secondary N) is 1. The fourth-order valence-electron chi connectivity index (χ4n) is 2.78. The molecule has 3 aromatic carbocycles. The summed E-state index contributed by atoms with van der Waals surface area (Å²) in [6, 6.07) is 26.6. The van der Waals surface area contributed by atoms with Crippen LogP contribution in [0.4, 0.5) is 5.69 Å². The summed E-state index contributed by atoms with van der Waals surface area (Å²) in [7, 11) is 0. The third kappa shape index (κ3) is 4.60. The van der Waals surface area contributed by atoms with Crippen molar-refractivity contribution in [3.63, 3.8) is 0 Å². The average molecular weight is 378 g/mol. The number of nitrogens with zero attached hydrogens (tertiary/aromatic N) is 1. The summed E-state index contributed by atoms with van der Waals surface area (Å²) in [5.41, 5.74) is 4.27. The molecule has 0 spiro atoms. The summed E-state index contributed by atoms with van der Waals surface area (Å²) in [5, 5.41) is 3.83. The van der Waals surface area contributed by atoms with Crippen LogP contribution in [0.5, 0.6) is 0 Å². The van der Waals surface area contributed by atoms with E-state index in [1.165, 1.54) is 20.1 Å². The Kier molecular flexibility index (Phi) is 5.60. The molecule has 1 amide bonds. The zero-order valence-electron chi connectivity index (χ0n) is 14.8. The fraction of sp³-hybridized carbons (Fsp3) is 0. The fourth-order valence-corrected chi connectivity index (χ4v) is 3.94. The first kappa shape index (κ1) is 18.3. The average Bonchev–Trinajstić information content (AvgIpc) is 3.04. The second-order valence-corrected chi connectivity index (χ2v) is 8.50. The number of benzene rings is 3. The van der Waals surface area contributed by atoms with Gasteiger partial charge in [0.2, 0.25) is 0 Å². The van der Waals surface area contributed by atoms with Gasteiger partial charge in [0, 0.05) is 0 Å². The number of anilines is 1. The Balaban J connectivity index is 1.47. The van der Waals surface area contributed by atoms with Crippen LogP contribution in [0.3, 0.4) is 0 Å². The molecule has 0 aliphatic carbocycles. The summed E-state index contributed by atoms with van der Waals surface area (Å²) in [5.74, 6) is -0.200. The number of carbonyl (C=O) groups is 1. The van der Waals surface area contributed by atoms with Crippen LogP contribution in [0.15, 0.2) is 88.8 Å². The topological polar surface area (TPSA) is 41.5 Å². The van der Waals surface area contributed by atoms with Crippen LogP contribution in [0, 0.1) is 0 Å². The molecule has 1 heterocycles. The summed E-state index contributed by atoms with van der Waals surface area (Å²) < 4.78 is 1.33. The van der Waals surface area contributed by atoms with Crippen LogP contribution < -0.4 is 8.13 Å². The van der Waals surface area contributed by atoms with Crippen molar-refractivity contribution in [1.82, 2.24) is 0 Å². The summed E-state index contributed by atoms with van der Waals surface area (Å²) in [4.78, 5) is 17.0. The van der Waals surface area contributed by atoms with Crippen molar-refractivity contribution in [2.24, 2.45) is 4.99 Å². The molecule has 3 nitrogen and oxygen atoms in total. The van der Waals surface area contributed by atoms with Gasteiger partial charge in [-0.3, -0.25) is 0 Å². The van der Waals surface area contributed by atoms with E-state index in [1.54, 1.807) is 0 Å². The maximum absolute atomic E-state index is 12.2. The molecule has 27 heavy (non-hydrogen) atoms. The number of rotatable bonds is 3. The van der Waals surface area contributed by atoms with Crippen LogP contribution in [0.25, 0.3) is 17.2 Å². The first-order valence-corrected chi connectivity index (χ1v) is 10.5. The number of aliphatic imine (C=N–C) groups is 1. The monoisotopic (exact) mass is 378 g/mol. The van der Waals surface area contributed by atoms with E-state index < -0.39 is 0 Å². The van der Waals surface area contributed by atoms with Gasteiger partial charge in [-0.1, -0.05) is 30.3 Å². The van der Waals surface area contributed by atoms with Crippen LogP contribution in [-0.4, -0.2) is 39.0 Å². The van der Waals surface area contributed by atoms with Gasteiger partial charge in [-0.05, 0) is 11.1 Å².